The molecule has 0 unspecified atom stereocenters. The second-order valence-electron chi connectivity index (χ2n) is 3.14. The third-order valence-corrected chi connectivity index (χ3v) is 3.02. The first-order chi connectivity index (χ1) is 7.11. The third-order valence-electron chi connectivity index (χ3n) is 2.19. The first-order valence-corrected chi connectivity index (χ1v) is 4.98. The summed E-state index contributed by atoms with van der Waals surface area (Å²) >= 11 is 11.9. The number of para-hydroxylation sites is 1. The molecule has 0 saturated carbocycles. The van der Waals surface area contributed by atoms with Crippen molar-refractivity contribution in [3.05, 3.63) is 35.0 Å². The molecule has 0 bridgehead atoms. The van der Waals surface area contributed by atoms with Crippen LogP contribution in [0.2, 0.25) is 5.15 Å². The Morgan fingerprint density at radius 3 is 2.73 bits per heavy atom. The first-order valence-electron chi connectivity index (χ1n) is 4.27. The minimum atomic E-state index is -0.926. The SMILES string of the molecule is O=C(O)Cc1c(Cl)n(Cl)c2ccccc12. The Kier molecular flexibility index (Phi) is 2.59. The number of benzene rings is 1. The molecule has 15 heavy (non-hydrogen) atoms. The molecule has 2 rings (SSSR count). The van der Waals surface area contributed by atoms with Crippen LogP contribution in [-0.2, 0) is 11.2 Å². The van der Waals surface area contributed by atoms with E-state index in [4.69, 9.17) is 28.5 Å². The van der Waals surface area contributed by atoms with Crippen LogP contribution in [0.5, 0.6) is 0 Å². The number of carbonyl (C=O) groups is 1. The number of fused-ring (bicyclic) bond motifs is 1. The standard InChI is InChI=1S/C10H7Cl2NO2/c11-10-7(5-9(14)15)6-3-1-2-4-8(6)13(10)12/h1-4H,5H2,(H,14,15). The smallest absolute Gasteiger partial charge is 0.307 e. The van der Waals surface area contributed by atoms with Gasteiger partial charge in [-0.2, -0.15) is 0 Å². The van der Waals surface area contributed by atoms with Crippen molar-refractivity contribution in [3.63, 3.8) is 0 Å². The van der Waals surface area contributed by atoms with Gasteiger partial charge in [0, 0.05) is 22.7 Å². The summed E-state index contributed by atoms with van der Waals surface area (Å²) in [5.74, 6) is -0.926. The van der Waals surface area contributed by atoms with E-state index in [0.717, 1.165) is 10.9 Å². The van der Waals surface area contributed by atoms with E-state index in [-0.39, 0.29) is 11.6 Å². The van der Waals surface area contributed by atoms with Gasteiger partial charge in [0.25, 0.3) is 0 Å². The molecule has 0 radical (unpaired) electrons. The number of hydrogen-bond acceptors (Lipinski definition) is 1. The summed E-state index contributed by atoms with van der Waals surface area (Å²) in [6.45, 7) is 0. The van der Waals surface area contributed by atoms with Gasteiger partial charge in [-0.1, -0.05) is 29.8 Å². The van der Waals surface area contributed by atoms with Crippen molar-refractivity contribution in [3.8, 4) is 0 Å². The van der Waals surface area contributed by atoms with E-state index in [0.29, 0.717) is 5.56 Å². The fraction of sp³-hybridized carbons (Fsp3) is 0.100. The number of hydrogen-bond donors (Lipinski definition) is 1. The highest BCUT2D eigenvalue weighted by atomic mass is 35.5. The van der Waals surface area contributed by atoms with Gasteiger partial charge in [0.2, 0.25) is 0 Å². The molecule has 3 nitrogen and oxygen atoms in total. The Hall–Kier alpha value is -1.19. The van der Waals surface area contributed by atoms with Crippen molar-refractivity contribution >= 4 is 40.2 Å². The second kappa shape index (κ2) is 3.76. The Morgan fingerprint density at radius 2 is 2.07 bits per heavy atom. The van der Waals surface area contributed by atoms with E-state index < -0.39 is 5.97 Å². The Balaban J connectivity index is 2.72. The minimum Gasteiger partial charge on any atom is -0.481 e. The van der Waals surface area contributed by atoms with E-state index in [1.807, 2.05) is 12.1 Å². The van der Waals surface area contributed by atoms with Crippen LogP contribution in [0, 0.1) is 0 Å². The van der Waals surface area contributed by atoms with Crippen molar-refractivity contribution in [1.29, 1.82) is 0 Å². The fourth-order valence-electron chi connectivity index (χ4n) is 1.55. The zero-order valence-electron chi connectivity index (χ0n) is 7.58. The van der Waals surface area contributed by atoms with Gasteiger partial charge < -0.3 is 5.11 Å². The Labute approximate surface area is 95.9 Å². The first kappa shape index (κ1) is 10.3. The van der Waals surface area contributed by atoms with Crippen molar-refractivity contribution in [2.45, 2.75) is 6.42 Å². The van der Waals surface area contributed by atoms with Gasteiger partial charge >= 0.3 is 5.97 Å². The number of carboxylic acid groups (broad SMARTS) is 1. The molecule has 1 aromatic heterocycles. The molecule has 0 amide bonds. The molecule has 0 aliphatic carbocycles. The summed E-state index contributed by atoms with van der Waals surface area (Å²) in [4.78, 5) is 10.7. The van der Waals surface area contributed by atoms with Gasteiger partial charge in [-0.3, -0.25) is 4.79 Å². The Bertz CT molecular complexity index is 533. The summed E-state index contributed by atoms with van der Waals surface area (Å²) in [7, 11) is 0. The van der Waals surface area contributed by atoms with Gasteiger partial charge in [0.1, 0.15) is 5.15 Å². The van der Waals surface area contributed by atoms with Gasteiger partial charge in [0.05, 0.1) is 11.9 Å². The molecule has 0 saturated heterocycles. The largest absolute Gasteiger partial charge is 0.481 e. The maximum Gasteiger partial charge on any atom is 0.307 e. The molecule has 0 aliphatic heterocycles. The topological polar surface area (TPSA) is 42.2 Å². The molecule has 1 N–H and O–H groups in total. The summed E-state index contributed by atoms with van der Waals surface area (Å²) in [6.07, 6.45) is -0.126. The van der Waals surface area contributed by atoms with Gasteiger partial charge in [-0.15, -0.1) is 0 Å². The molecule has 5 heteroatoms. The van der Waals surface area contributed by atoms with Gasteiger partial charge in [-0.25, -0.2) is 4.09 Å². The second-order valence-corrected chi connectivity index (χ2v) is 3.83. The number of aromatic nitrogens is 1. The van der Waals surface area contributed by atoms with E-state index in [2.05, 4.69) is 0 Å². The predicted molar refractivity (Wildman–Crippen MR) is 59.5 cm³/mol. The number of rotatable bonds is 2. The van der Waals surface area contributed by atoms with Crippen LogP contribution in [0.15, 0.2) is 24.3 Å². The van der Waals surface area contributed by atoms with Crippen LogP contribution in [0.1, 0.15) is 5.56 Å². The van der Waals surface area contributed by atoms with Crippen LogP contribution in [-0.4, -0.2) is 15.2 Å². The van der Waals surface area contributed by atoms with Crippen LogP contribution >= 0.6 is 23.4 Å². The van der Waals surface area contributed by atoms with Gasteiger partial charge in [-0.05, 0) is 6.07 Å². The third kappa shape index (κ3) is 1.68. The Morgan fingerprint density at radius 1 is 1.40 bits per heavy atom. The van der Waals surface area contributed by atoms with Crippen LogP contribution in [0.3, 0.4) is 0 Å². The van der Waals surface area contributed by atoms with Crippen LogP contribution in [0.4, 0.5) is 0 Å². The molecule has 0 spiro atoms. The molecule has 0 aliphatic rings. The lowest BCUT2D eigenvalue weighted by molar-refractivity contribution is -0.136. The summed E-state index contributed by atoms with van der Waals surface area (Å²) < 4.78 is 1.27. The van der Waals surface area contributed by atoms with E-state index >= 15 is 0 Å². The lowest BCUT2D eigenvalue weighted by Gasteiger charge is -1.94. The normalized spacial score (nSPS) is 10.8. The average molecular weight is 244 g/mol. The van der Waals surface area contributed by atoms with Gasteiger partial charge in [0.15, 0.2) is 0 Å². The average Bonchev–Trinajstić information content (AvgIpc) is 2.44. The number of halogens is 2. The maximum atomic E-state index is 10.7. The van der Waals surface area contributed by atoms with E-state index in [1.54, 1.807) is 12.1 Å². The zero-order valence-corrected chi connectivity index (χ0v) is 9.09. The summed E-state index contributed by atoms with van der Waals surface area (Å²) in [5.41, 5.74) is 1.27. The van der Waals surface area contributed by atoms with Crippen molar-refractivity contribution in [1.82, 2.24) is 4.09 Å². The van der Waals surface area contributed by atoms with Crippen molar-refractivity contribution in [2.75, 3.05) is 0 Å². The maximum absolute atomic E-state index is 10.7. The van der Waals surface area contributed by atoms with Crippen molar-refractivity contribution in [2.24, 2.45) is 0 Å². The number of aliphatic carboxylic acids is 1. The molecule has 0 atom stereocenters. The predicted octanol–water partition coefficient (Wildman–Crippen LogP) is 2.92. The quantitative estimate of drug-likeness (QED) is 0.882. The molecular formula is C10H7Cl2NO2. The van der Waals surface area contributed by atoms with Crippen LogP contribution < -0.4 is 0 Å². The highest BCUT2D eigenvalue weighted by molar-refractivity contribution is 6.36. The van der Waals surface area contributed by atoms with Crippen molar-refractivity contribution < 1.29 is 9.90 Å². The summed E-state index contributed by atoms with van der Waals surface area (Å²) in [5, 5.41) is 9.79. The van der Waals surface area contributed by atoms with Crippen LogP contribution in [0.25, 0.3) is 10.9 Å². The highest BCUT2D eigenvalue weighted by Gasteiger charge is 2.16. The minimum absolute atomic E-state index is 0.126. The highest BCUT2D eigenvalue weighted by Crippen LogP contribution is 2.31. The molecule has 1 heterocycles. The molecule has 78 valence electrons. The number of nitrogens with zero attached hydrogens (tertiary/aromatic N) is 1. The fourth-order valence-corrected chi connectivity index (χ4v) is 2.06. The number of carboxylic acids is 1. The van der Waals surface area contributed by atoms with E-state index in [1.165, 1.54) is 4.09 Å². The molecular weight excluding hydrogens is 237 g/mol. The molecule has 0 fully saturated rings. The zero-order chi connectivity index (χ0) is 11.0. The lowest BCUT2D eigenvalue weighted by Crippen LogP contribution is -1.99. The molecule has 2 aromatic rings. The monoisotopic (exact) mass is 243 g/mol. The lowest BCUT2D eigenvalue weighted by atomic mass is 10.1. The summed E-state index contributed by atoms with van der Waals surface area (Å²) in [6, 6.07) is 7.24. The molecule has 1 aromatic carbocycles. The van der Waals surface area contributed by atoms with E-state index in [9.17, 15) is 4.79 Å².